The highest BCUT2D eigenvalue weighted by molar-refractivity contribution is 5.85. The van der Waals surface area contributed by atoms with Crippen LogP contribution in [0, 0.1) is 5.92 Å². The summed E-state index contributed by atoms with van der Waals surface area (Å²) >= 11 is 0. The molecule has 6 heteroatoms. The second-order valence-electron chi connectivity index (χ2n) is 10.6. The third-order valence-electron chi connectivity index (χ3n) is 6.35. The van der Waals surface area contributed by atoms with Gasteiger partial charge < -0.3 is 15.2 Å². The van der Waals surface area contributed by atoms with E-state index in [9.17, 15) is 5.11 Å². The first kappa shape index (κ1) is 27.5. The molecule has 2 saturated heterocycles. The summed E-state index contributed by atoms with van der Waals surface area (Å²) in [6.07, 6.45) is 2.23. The molecule has 0 radical (unpaired) electrons. The molecule has 1 atom stereocenters. The summed E-state index contributed by atoms with van der Waals surface area (Å²) in [5.74, 6) is 1.09. The molecule has 174 valence electrons. The first-order valence-electron chi connectivity index (χ1n) is 11.0. The molecule has 30 heavy (non-hydrogen) atoms. The Morgan fingerprint density at radius 3 is 1.83 bits per heavy atom. The van der Waals surface area contributed by atoms with Crippen LogP contribution in [0.5, 0.6) is 5.75 Å². The monoisotopic (exact) mass is 460 g/mol. The Morgan fingerprint density at radius 1 is 0.933 bits per heavy atom. The second-order valence-corrected chi connectivity index (χ2v) is 10.6. The fraction of sp³-hybridized carbons (Fsp3) is 0.750. The highest BCUT2D eigenvalue weighted by atomic mass is 35.5. The molecule has 1 aromatic carbocycles. The fourth-order valence-electron chi connectivity index (χ4n) is 4.74. The first-order chi connectivity index (χ1) is 13.1. The van der Waals surface area contributed by atoms with E-state index in [2.05, 4.69) is 63.9 Å². The van der Waals surface area contributed by atoms with Gasteiger partial charge in [0.25, 0.3) is 0 Å². The molecule has 0 unspecified atom stereocenters. The average Bonchev–Trinajstić information content (AvgIpc) is 2.63. The zero-order valence-corrected chi connectivity index (χ0v) is 21.2. The number of aromatic hydroxyl groups is 1. The largest absolute Gasteiger partial charge is 0.507 e. The van der Waals surface area contributed by atoms with E-state index >= 15 is 0 Å². The maximum absolute atomic E-state index is 11.1. The van der Waals surface area contributed by atoms with Crippen LogP contribution in [-0.4, -0.2) is 49.4 Å². The maximum Gasteiger partial charge on any atom is 0.123 e. The van der Waals surface area contributed by atoms with Gasteiger partial charge in [0.1, 0.15) is 5.75 Å². The number of ether oxygens (including phenoxy) is 1. The third-order valence-corrected chi connectivity index (χ3v) is 6.35. The van der Waals surface area contributed by atoms with Crippen LogP contribution in [0.15, 0.2) is 12.1 Å². The number of piperazine rings is 1. The summed E-state index contributed by atoms with van der Waals surface area (Å²) in [7, 11) is 0. The van der Waals surface area contributed by atoms with Crippen molar-refractivity contribution in [3.05, 3.63) is 28.8 Å². The van der Waals surface area contributed by atoms with Gasteiger partial charge in [0.15, 0.2) is 0 Å². The van der Waals surface area contributed by atoms with Crippen molar-refractivity contribution in [3.63, 3.8) is 0 Å². The number of hydrogen-bond donors (Lipinski definition) is 2. The van der Waals surface area contributed by atoms with Gasteiger partial charge in [0, 0.05) is 45.4 Å². The van der Waals surface area contributed by atoms with Crippen LogP contribution in [0.4, 0.5) is 0 Å². The molecule has 0 aromatic heterocycles. The van der Waals surface area contributed by atoms with Gasteiger partial charge in [-0.05, 0) is 58.4 Å². The Bertz CT molecular complexity index is 618. The summed E-state index contributed by atoms with van der Waals surface area (Å²) in [5, 5.41) is 14.6. The molecule has 4 nitrogen and oxygen atoms in total. The van der Waals surface area contributed by atoms with E-state index < -0.39 is 0 Å². The van der Waals surface area contributed by atoms with Crippen molar-refractivity contribution in [1.29, 1.82) is 0 Å². The highest BCUT2D eigenvalue weighted by Gasteiger charge is 2.34. The molecule has 2 fully saturated rings. The molecule has 2 N–H and O–H groups in total. The first-order valence-corrected chi connectivity index (χ1v) is 11.0. The van der Waals surface area contributed by atoms with Crippen LogP contribution < -0.4 is 5.32 Å². The van der Waals surface area contributed by atoms with Crippen molar-refractivity contribution in [1.82, 2.24) is 10.2 Å². The van der Waals surface area contributed by atoms with Crippen LogP contribution in [-0.2, 0) is 15.6 Å². The highest BCUT2D eigenvalue weighted by Crippen LogP contribution is 2.44. The van der Waals surface area contributed by atoms with Crippen molar-refractivity contribution < 1.29 is 9.84 Å². The predicted molar refractivity (Wildman–Crippen MR) is 131 cm³/mol. The lowest BCUT2D eigenvalue weighted by atomic mass is 9.75. The Kier molecular flexibility index (Phi) is 9.97. The molecule has 0 saturated carbocycles. The predicted octanol–water partition coefficient (Wildman–Crippen LogP) is 5.20. The van der Waals surface area contributed by atoms with Crippen molar-refractivity contribution in [3.8, 4) is 5.75 Å². The Balaban J connectivity index is 0.00000225. The zero-order valence-electron chi connectivity index (χ0n) is 19.6. The van der Waals surface area contributed by atoms with Crippen molar-refractivity contribution >= 4 is 24.8 Å². The van der Waals surface area contributed by atoms with Crippen molar-refractivity contribution in [2.45, 2.75) is 71.3 Å². The van der Waals surface area contributed by atoms with Gasteiger partial charge >= 0.3 is 0 Å². The topological polar surface area (TPSA) is 44.7 Å². The Morgan fingerprint density at radius 2 is 1.40 bits per heavy atom. The second kappa shape index (κ2) is 10.9. The third kappa shape index (κ3) is 6.26. The SMILES string of the molecule is CC(C)(C)c1cc([C@H](C2CCOCC2)N2CCNCC2)cc(C(C)(C)C)c1O.Cl.Cl. The molecule has 0 amide bonds. The molecular formula is C24H42Cl2N2O2. The van der Waals surface area contributed by atoms with Crippen LogP contribution >= 0.6 is 24.8 Å². The van der Waals surface area contributed by atoms with E-state index in [-0.39, 0.29) is 35.6 Å². The van der Waals surface area contributed by atoms with Gasteiger partial charge in [-0.2, -0.15) is 0 Å². The normalized spacial score (nSPS) is 20.2. The molecule has 1 aromatic rings. The molecule has 0 spiro atoms. The number of rotatable bonds is 3. The Hall–Kier alpha value is -0.520. The smallest absolute Gasteiger partial charge is 0.123 e. The number of phenols is 1. The number of benzene rings is 1. The lowest BCUT2D eigenvalue weighted by molar-refractivity contribution is 0.0212. The number of hydrogen-bond acceptors (Lipinski definition) is 4. The van der Waals surface area contributed by atoms with Crippen LogP contribution in [0.3, 0.4) is 0 Å². The summed E-state index contributed by atoms with van der Waals surface area (Å²) in [6, 6.07) is 4.99. The van der Waals surface area contributed by atoms with Gasteiger partial charge in [-0.15, -0.1) is 24.8 Å². The average molecular weight is 462 g/mol. The molecular weight excluding hydrogens is 419 g/mol. The number of nitrogens with one attached hydrogen (secondary N) is 1. The molecule has 2 aliphatic heterocycles. The van der Waals surface area contributed by atoms with Crippen LogP contribution in [0.2, 0.25) is 0 Å². The van der Waals surface area contributed by atoms with E-state index in [0.717, 1.165) is 63.4 Å². The van der Waals surface area contributed by atoms with E-state index in [0.29, 0.717) is 17.7 Å². The molecule has 3 rings (SSSR count). The van der Waals surface area contributed by atoms with E-state index in [4.69, 9.17) is 4.74 Å². The minimum atomic E-state index is -0.0935. The summed E-state index contributed by atoms with van der Waals surface area (Å²) in [5.41, 5.74) is 3.33. The Labute approximate surface area is 196 Å². The van der Waals surface area contributed by atoms with Crippen molar-refractivity contribution in [2.75, 3.05) is 39.4 Å². The van der Waals surface area contributed by atoms with Crippen LogP contribution in [0.25, 0.3) is 0 Å². The van der Waals surface area contributed by atoms with Gasteiger partial charge in [-0.3, -0.25) is 4.90 Å². The standard InChI is InChI=1S/C24H40N2O2.2ClH/c1-23(2,3)19-15-18(16-20(22(19)27)24(4,5)6)21(17-7-13-28-14-8-17)26-11-9-25-10-12-26;;/h15-17,21,25,27H,7-14H2,1-6H3;2*1H/t21-;;/m0../s1. The molecule has 2 aliphatic rings. The van der Waals surface area contributed by atoms with E-state index in [1.165, 1.54) is 5.56 Å². The number of nitrogens with zero attached hydrogens (tertiary/aromatic N) is 1. The lowest BCUT2D eigenvalue weighted by Crippen LogP contribution is -2.47. The summed E-state index contributed by atoms with van der Waals surface area (Å²) in [6.45, 7) is 19.2. The van der Waals surface area contributed by atoms with Crippen molar-refractivity contribution in [2.24, 2.45) is 5.92 Å². The minimum absolute atomic E-state index is 0. The molecule has 0 aliphatic carbocycles. The molecule has 0 bridgehead atoms. The summed E-state index contributed by atoms with van der Waals surface area (Å²) in [4.78, 5) is 2.66. The number of phenolic OH excluding ortho intramolecular Hbond substituents is 1. The van der Waals surface area contributed by atoms with E-state index in [1.54, 1.807) is 0 Å². The molecule has 2 heterocycles. The van der Waals surface area contributed by atoms with Gasteiger partial charge in [-0.25, -0.2) is 0 Å². The van der Waals surface area contributed by atoms with Gasteiger partial charge in [0.2, 0.25) is 0 Å². The quantitative estimate of drug-likeness (QED) is 0.649. The minimum Gasteiger partial charge on any atom is -0.507 e. The summed E-state index contributed by atoms with van der Waals surface area (Å²) < 4.78 is 5.68. The van der Waals surface area contributed by atoms with E-state index in [1.807, 2.05) is 0 Å². The van der Waals surface area contributed by atoms with Gasteiger partial charge in [0.05, 0.1) is 0 Å². The van der Waals surface area contributed by atoms with Crippen LogP contribution in [0.1, 0.15) is 77.1 Å². The zero-order chi connectivity index (χ0) is 20.5. The van der Waals surface area contributed by atoms with Gasteiger partial charge in [-0.1, -0.05) is 41.5 Å². The number of halogens is 2. The maximum atomic E-state index is 11.1. The fourth-order valence-corrected chi connectivity index (χ4v) is 4.74. The lowest BCUT2D eigenvalue weighted by Gasteiger charge is -2.42.